The van der Waals surface area contributed by atoms with Crippen LogP contribution in [-0.2, 0) is 4.74 Å². The monoisotopic (exact) mass is 299 g/mol. The fourth-order valence-electron chi connectivity index (χ4n) is 1.75. The normalized spacial score (nSPS) is 12.9. The summed E-state index contributed by atoms with van der Waals surface area (Å²) in [6, 6.07) is 1.98. The third-order valence-corrected chi connectivity index (χ3v) is 3.71. The number of rotatable bonds is 8. The smallest absolute Gasteiger partial charge is 0.261 e. The van der Waals surface area contributed by atoms with Crippen LogP contribution in [0.5, 0.6) is 0 Å². The van der Waals surface area contributed by atoms with Crippen LogP contribution in [0.2, 0.25) is 0 Å². The van der Waals surface area contributed by atoms with Gasteiger partial charge in [0, 0.05) is 13.2 Å². The van der Waals surface area contributed by atoms with Gasteiger partial charge in [0.2, 0.25) is 0 Å². The predicted octanol–water partition coefficient (Wildman–Crippen LogP) is 2.63. The minimum Gasteiger partial charge on any atom is -0.389 e. The van der Waals surface area contributed by atoms with E-state index in [0.717, 1.165) is 10.4 Å². The molecule has 0 saturated carbocycles. The standard InChI is InChI=1S/C15H25NO3S/c1-10(2)8-19-9-12(17)7-16-15(18)14-13(11(3)4)5-6-20-14/h5-6,10-12,17H,7-9H2,1-4H3,(H,16,18). The summed E-state index contributed by atoms with van der Waals surface area (Å²) in [5.41, 5.74) is 1.05. The Bertz CT molecular complexity index is 415. The van der Waals surface area contributed by atoms with Gasteiger partial charge >= 0.3 is 0 Å². The highest BCUT2D eigenvalue weighted by Crippen LogP contribution is 2.24. The van der Waals surface area contributed by atoms with E-state index in [9.17, 15) is 9.90 Å². The molecule has 5 heteroatoms. The summed E-state index contributed by atoms with van der Waals surface area (Å²) in [5.74, 6) is 0.643. The average molecular weight is 299 g/mol. The van der Waals surface area contributed by atoms with Crippen LogP contribution in [0.1, 0.15) is 48.8 Å². The highest BCUT2D eigenvalue weighted by atomic mass is 32.1. The van der Waals surface area contributed by atoms with Gasteiger partial charge in [0.1, 0.15) is 0 Å². The van der Waals surface area contributed by atoms with Crippen molar-refractivity contribution in [1.82, 2.24) is 5.32 Å². The van der Waals surface area contributed by atoms with Gasteiger partial charge < -0.3 is 15.2 Å². The molecule has 0 aliphatic rings. The maximum Gasteiger partial charge on any atom is 0.261 e. The molecule has 0 aromatic carbocycles. The Morgan fingerprint density at radius 1 is 1.35 bits per heavy atom. The third-order valence-electron chi connectivity index (χ3n) is 2.78. The molecule has 20 heavy (non-hydrogen) atoms. The van der Waals surface area contributed by atoms with Gasteiger partial charge in [-0.2, -0.15) is 0 Å². The number of amides is 1. The quantitative estimate of drug-likeness (QED) is 0.776. The third kappa shape index (κ3) is 5.61. The molecule has 2 N–H and O–H groups in total. The largest absolute Gasteiger partial charge is 0.389 e. The number of aliphatic hydroxyl groups is 1. The Hall–Kier alpha value is -0.910. The van der Waals surface area contributed by atoms with Crippen LogP contribution >= 0.6 is 11.3 Å². The van der Waals surface area contributed by atoms with E-state index in [1.54, 1.807) is 0 Å². The van der Waals surface area contributed by atoms with Gasteiger partial charge in [-0.05, 0) is 28.8 Å². The molecule has 1 rings (SSSR count). The first kappa shape index (κ1) is 17.1. The molecule has 1 heterocycles. The van der Waals surface area contributed by atoms with Crippen molar-refractivity contribution in [1.29, 1.82) is 0 Å². The Morgan fingerprint density at radius 2 is 2.05 bits per heavy atom. The zero-order valence-electron chi connectivity index (χ0n) is 12.7. The molecule has 1 unspecified atom stereocenters. The minimum absolute atomic E-state index is 0.119. The Morgan fingerprint density at radius 3 is 2.65 bits per heavy atom. The molecule has 0 bridgehead atoms. The molecule has 0 aliphatic carbocycles. The molecule has 1 aromatic heterocycles. The van der Waals surface area contributed by atoms with E-state index < -0.39 is 6.10 Å². The van der Waals surface area contributed by atoms with Gasteiger partial charge in [-0.1, -0.05) is 27.7 Å². The summed E-state index contributed by atoms with van der Waals surface area (Å²) in [4.78, 5) is 12.8. The highest BCUT2D eigenvalue weighted by Gasteiger charge is 2.16. The van der Waals surface area contributed by atoms with Crippen molar-refractivity contribution >= 4 is 17.2 Å². The van der Waals surface area contributed by atoms with Crippen LogP contribution in [0, 0.1) is 5.92 Å². The van der Waals surface area contributed by atoms with Gasteiger partial charge in [0.25, 0.3) is 5.91 Å². The van der Waals surface area contributed by atoms with Gasteiger partial charge in [0.05, 0.1) is 17.6 Å². The number of carbonyl (C=O) groups excluding carboxylic acids is 1. The van der Waals surface area contributed by atoms with Crippen molar-refractivity contribution < 1.29 is 14.6 Å². The number of carbonyl (C=O) groups is 1. The van der Waals surface area contributed by atoms with E-state index in [2.05, 4.69) is 33.0 Å². The van der Waals surface area contributed by atoms with Crippen LogP contribution in [0.15, 0.2) is 11.4 Å². The summed E-state index contributed by atoms with van der Waals surface area (Å²) in [6.45, 7) is 9.32. The predicted molar refractivity (Wildman–Crippen MR) is 82.4 cm³/mol. The molecule has 0 aliphatic heterocycles. The molecular formula is C15H25NO3S. The summed E-state index contributed by atoms with van der Waals surface area (Å²) < 4.78 is 5.34. The number of thiophene rings is 1. The first-order valence-corrected chi connectivity index (χ1v) is 7.91. The minimum atomic E-state index is -0.667. The lowest BCUT2D eigenvalue weighted by Crippen LogP contribution is -2.34. The lowest BCUT2D eigenvalue weighted by Gasteiger charge is -2.14. The molecule has 4 nitrogen and oxygen atoms in total. The van der Waals surface area contributed by atoms with Crippen LogP contribution < -0.4 is 5.32 Å². The second kappa shape index (κ2) is 8.39. The van der Waals surface area contributed by atoms with E-state index in [4.69, 9.17) is 4.74 Å². The zero-order valence-corrected chi connectivity index (χ0v) is 13.5. The SMILES string of the molecule is CC(C)COCC(O)CNC(=O)c1sccc1C(C)C. The van der Waals surface area contributed by atoms with Crippen LogP contribution in [-0.4, -0.2) is 36.9 Å². The zero-order chi connectivity index (χ0) is 15.1. The van der Waals surface area contributed by atoms with E-state index in [1.165, 1.54) is 11.3 Å². The summed E-state index contributed by atoms with van der Waals surface area (Å²) in [7, 11) is 0. The summed E-state index contributed by atoms with van der Waals surface area (Å²) in [5, 5.41) is 14.4. The maximum absolute atomic E-state index is 12.1. The number of hydrogen-bond donors (Lipinski definition) is 2. The summed E-state index contributed by atoms with van der Waals surface area (Å²) in [6.07, 6.45) is -0.667. The lowest BCUT2D eigenvalue weighted by molar-refractivity contribution is 0.0259. The molecule has 0 radical (unpaired) electrons. The molecule has 0 fully saturated rings. The number of aliphatic hydroxyl groups excluding tert-OH is 1. The topological polar surface area (TPSA) is 58.6 Å². The van der Waals surface area contributed by atoms with Crippen LogP contribution in [0.3, 0.4) is 0 Å². The fraction of sp³-hybridized carbons (Fsp3) is 0.667. The average Bonchev–Trinajstić information content (AvgIpc) is 2.84. The van der Waals surface area contributed by atoms with Gasteiger partial charge in [-0.25, -0.2) is 0 Å². The van der Waals surface area contributed by atoms with E-state index >= 15 is 0 Å². The molecule has 1 aromatic rings. The van der Waals surface area contributed by atoms with Crippen molar-refractivity contribution in [3.8, 4) is 0 Å². The van der Waals surface area contributed by atoms with Crippen LogP contribution in [0.25, 0.3) is 0 Å². The molecule has 1 atom stereocenters. The van der Waals surface area contributed by atoms with Crippen molar-refractivity contribution in [3.63, 3.8) is 0 Å². The maximum atomic E-state index is 12.1. The molecule has 0 spiro atoms. The number of hydrogen-bond acceptors (Lipinski definition) is 4. The van der Waals surface area contributed by atoms with E-state index in [-0.39, 0.29) is 19.1 Å². The Balaban J connectivity index is 2.37. The van der Waals surface area contributed by atoms with Crippen molar-refractivity contribution in [2.24, 2.45) is 5.92 Å². The molecule has 0 saturated heterocycles. The second-order valence-corrected chi connectivity index (χ2v) is 6.57. The fourth-order valence-corrected chi connectivity index (χ4v) is 2.72. The lowest BCUT2D eigenvalue weighted by atomic mass is 10.0. The van der Waals surface area contributed by atoms with Gasteiger partial charge in [-0.15, -0.1) is 11.3 Å². The first-order valence-electron chi connectivity index (χ1n) is 7.03. The van der Waals surface area contributed by atoms with Crippen molar-refractivity contribution in [3.05, 3.63) is 21.9 Å². The van der Waals surface area contributed by atoms with Crippen molar-refractivity contribution in [2.45, 2.75) is 39.7 Å². The first-order chi connectivity index (χ1) is 9.41. The molecule has 114 valence electrons. The van der Waals surface area contributed by atoms with Crippen molar-refractivity contribution in [2.75, 3.05) is 19.8 Å². The van der Waals surface area contributed by atoms with Crippen LogP contribution in [0.4, 0.5) is 0 Å². The van der Waals surface area contributed by atoms with E-state index in [0.29, 0.717) is 18.4 Å². The van der Waals surface area contributed by atoms with Gasteiger partial charge in [0.15, 0.2) is 0 Å². The number of ether oxygens (including phenoxy) is 1. The second-order valence-electron chi connectivity index (χ2n) is 5.65. The summed E-state index contributed by atoms with van der Waals surface area (Å²) >= 11 is 1.43. The molecule has 1 amide bonds. The Kier molecular flexibility index (Phi) is 7.19. The molecular weight excluding hydrogens is 274 g/mol. The highest BCUT2D eigenvalue weighted by molar-refractivity contribution is 7.12. The Labute approximate surface area is 125 Å². The van der Waals surface area contributed by atoms with E-state index in [1.807, 2.05) is 11.4 Å². The van der Waals surface area contributed by atoms with Gasteiger partial charge in [-0.3, -0.25) is 4.79 Å². The number of nitrogens with one attached hydrogen (secondary N) is 1.